The van der Waals surface area contributed by atoms with Crippen LogP contribution in [-0.4, -0.2) is 31.5 Å². The number of aryl methyl sites for hydroxylation is 1. The van der Waals surface area contributed by atoms with E-state index in [1.807, 2.05) is 13.0 Å². The first-order valence-electron chi connectivity index (χ1n) is 8.23. The number of benzene rings is 2. The van der Waals surface area contributed by atoms with Crippen molar-refractivity contribution in [1.29, 1.82) is 0 Å². The molecule has 7 nitrogen and oxygen atoms in total. The summed E-state index contributed by atoms with van der Waals surface area (Å²) in [4.78, 5) is 38.4. The van der Waals surface area contributed by atoms with E-state index in [0.717, 1.165) is 22.6 Å². The molecule has 3 rings (SSSR count). The summed E-state index contributed by atoms with van der Waals surface area (Å²) in [5, 5.41) is 5.19. The molecule has 1 saturated heterocycles. The second-order valence-electron chi connectivity index (χ2n) is 6.08. The average molecular weight is 371 g/mol. The van der Waals surface area contributed by atoms with Gasteiger partial charge in [0, 0.05) is 6.54 Å². The minimum Gasteiger partial charge on any atom is -0.495 e. The Bertz CT molecular complexity index is 898. The topological polar surface area (TPSA) is 87.7 Å². The summed E-state index contributed by atoms with van der Waals surface area (Å²) in [6.45, 7) is 1.73. The maximum atomic E-state index is 13.1. The Hall–Kier alpha value is -3.42. The average Bonchev–Trinajstić information content (AvgIpc) is 2.63. The Labute approximate surface area is 155 Å². The summed E-state index contributed by atoms with van der Waals surface area (Å²) in [5.74, 6) is -2.43. The first kappa shape index (κ1) is 18.4. The summed E-state index contributed by atoms with van der Waals surface area (Å²) in [6, 6.07) is 9.47. The number of urea groups is 1. The SMILES string of the molecule is COc1ccc(C)cc1NC(=O)C1CNC(=O)N(c2ccc(F)cc2)C1=O. The number of halogens is 1. The largest absolute Gasteiger partial charge is 0.495 e. The Morgan fingerprint density at radius 1 is 1.22 bits per heavy atom. The van der Waals surface area contributed by atoms with Crippen LogP contribution in [0.4, 0.5) is 20.6 Å². The highest BCUT2D eigenvalue weighted by Crippen LogP contribution is 2.27. The normalized spacial score (nSPS) is 16.7. The Morgan fingerprint density at radius 3 is 2.59 bits per heavy atom. The third-order valence-electron chi connectivity index (χ3n) is 4.19. The van der Waals surface area contributed by atoms with Crippen LogP contribution in [0.15, 0.2) is 42.5 Å². The lowest BCUT2D eigenvalue weighted by molar-refractivity contribution is -0.130. The van der Waals surface area contributed by atoms with Crippen LogP contribution in [0, 0.1) is 18.7 Å². The molecule has 1 heterocycles. The zero-order valence-corrected chi connectivity index (χ0v) is 14.8. The van der Waals surface area contributed by atoms with Gasteiger partial charge in [-0.05, 0) is 48.9 Å². The number of hydrogen-bond acceptors (Lipinski definition) is 4. The number of carbonyl (C=O) groups excluding carboxylic acids is 3. The van der Waals surface area contributed by atoms with Crippen LogP contribution < -0.4 is 20.3 Å². The fraction of sp³-hybridized carbons (Fsp3) is 0.211. The molecule has 27 heavy (non-hydrogen) atoms. The second-order valence-corrected chi connectivity index (χ2v) is 6.08. The lowest BCUT2D eigenvalue weighted by Gasteiger charge is -2.30. The van der Waals surface area contributed by atoms with Gasteiger partial charge in [-0.1, -0.05) is 6.07 Å². The van der Waals surface area contributed by atoms with Gasteiger partial charge < -0.3 is 15.4 Å². The maximum absolute atomic E-state index is 13.1. The minimum absolute atomic E-state index is 0.130. The third kappa shape index (κ3) is 3.74. The molecule has 4 amide bonds. The van der Waals surface area contributed by atoms with Gasteiger partial charge >= 0.3 is 6.03 Å². The zero-order valence-electron chi connectivity index (χ0n) is 14.8. The highest BCUT2D eigenvalue weighted by molar-refractivity contribution is 6.23. The predicted molar refractivity (Wildman–Crippen MR) is 97.1 cm³/mol. The molecule has 8 heteroatoms. The van der Waals surface area contributed by atoms with Crippen molar-refractivity contribution in [1.82, 2.24) is 5.32 Å². The molecule has 0 bridgehead atoms. The van der Waals surface area contributed by atoms with Crippen molar-refractivity contribution in [3.05, 3.63) is 53.8 Å². The van der Waals surface area contributed by atoms with Crippen molar-refractivity contribution in [3.63, 3.8) is 0 Å². The van der Waals surface area contributed by atoms with Crippen molar-refractivity contribution >= 4 is 29.2 Å². The third-order valence-corrected chi connectivity index (χ3v) is 4.19. The summed E-state index contributed by atoms with van der Waals surface area (Å²) in [7, 11) is 1.47. The van der Waals surface area contributed by atoms with Crippen molar-refractivity contribution < 1.29 is 23.5 Å². The lowest BCUT2D eigenvalue weighted by Crippen LogP contribution is -2.58. The van der Waals surface area contributed by atoms with Gasteiger partial charge in [-0.3, -0.25) is 9.59 Å². The highest BCUT2D eigenvalue weighted by Gasteiger charge is 2.39. The molecule has 0 spiro atoms. The summed E-state index contributed by atoms with van der Waals surface area (Å²) in [6.07, 6.45) is 0. The number of hydrogen-bond donors (Lipinski definition) is 2. The molecule has 0 radical (unpaired) electrons. The summed E-state index contributed by atoms with van der Waals surface area (Å²) in [5.41, 5.74) is 1.52. The number of nitrogens with one attached hydrogen (secondary N) is 2. The van der Waals surface area contributed by atoms with E-state index in [1.54, 1.807) is 12.1 Å². The van der Waals surface area contributed by atoms with E-state index in [1.165, 1.54) is 19.2 Å². The van der Waals surface area contributed by atoms with Gasteiger partial charge in [0.2, 0.25) is 11.8 Å². The van der Waals surface area contributed by atoms with E-state index in [9.17, 15) is 18.8 Å². The first-order chi connectivity index (χ1) is 12.9. The number of anilines is 2. The van der Waals surface area contributed by atoms with Gasteiger partial charge in [-0.2, -0.15) is 0 Å². The van der Waals surface area contributed by atoms with Gasteiger partial charge in [-0.25, -0.2) is 14.1 Å². The molecule has 2 aromatic carbocycles. The summed E-state index contributed by atoms with van der Waals surface area (Å²) < 4.78 is 18.3. The molecule has 1 aliphatic heterocycles. The molecule has 1 atom stereocenters. The van der Waals surface area contributed by atoms with Crippen LogP contribution >= 0.6 is 0 Å². The van der Waals surface area contributed by atoms with E-state index < -0.39 is 29.6 Å². The fourth-order valence-electron chi connectivity index (χ4n) is 2.79. The van der Waals surface area contributed by atoms with Gasteiger partial charge in [0.15, 0.2) is 0 Å². The predicted octanol–water partition coefficient (Wildman–Crippen LogP) is 2.45. The molecule has 0 aromatic heterocycles. The molecule has 2 N–H and O–H groups in total. The number of methoxy groups -OCH3 is 1. The molecular formula is C19H18FN3O4. The van der Waals surface area contributed by atoms with E-state index in [2.05, 4.69) is 10.6 Å². The van der Waals surface area contributed by atoms with Crippen LogP contribution in [0.25, 0.3) is 0 Å². The van der Waals surface area contributed by atoms with Crippen LogP contribution in [0.3, 0.4) is 0 Å². The Kier molecular flexibility index (Phi) is 5.07. The van der Waals surface area contributed by atoms with Crippen LogP contribution in [0.1, 0.15) is 5.56 Å². The van der Waals surface area contributed by atoms with E-state index in [0.29, 0.717) is 11.4 Å². The van der Waals surface area contributed by atoms with E-state index in [-0.39, 0.29) is 12.2 Å². The molecule has 1 unspecified atom stereocenters. The van der Waals surface area contributed by atoms with Crippen LogP contribution in [-0.2, 0) is 9.59 Å². The quantitative estimate of drug-likeness (QED) is 0.808. The zero-order chi connectivity index (χ0) is 19.6. The fourth-order valence-corrected chi connectivity index (χ4v) is 2.79. The molecule has 0 saturated carbocycles. The maximum Gasteiger partial charge on any atom is 0.328 e. The smallest absolute Gasteiger partial charge is 0.328 e. The second kappa shape index (κ2) is 7.45. The number of imide groups is 1. The summed E-state index contributed by atoms with van der Waals surface area (Å²) >= 11 is 0. The Morgan fingerprint density at radius 2 is 1.93 bits per heavy atom. The molecule has 2 aromatic rings. The van der Waals surface area contributed by atoms with Gasteiger partial charge in [0.05, 0.1) is 18.5 Å². The number of amides is 4. The standard InChI is InChI=1S/C19H18FN3O4/c1-11-3-8-16(27-2)15(9-11)22-17(24)14-10-21-19(26)23(18(14)25)13-6-4-12(20)5-7-13/h3-9,14H,10H2,1-2H3,(H,21,26)(H,22,24). The van der Waals surface area contributed by atoms with Crippen LogP contribution in [0.2, 0.25) is 0 Å². The van der Waals surface area contributed by atoms with Crippen molar-refractivity contribution in [2.45, 2.75) is 6.92 Å². The van der Waals surface area contributed by atoms with Gasteiger partial charge in [0.25, 0.3) is 0 Å². The van der Waals surface area contributed by atoms with Crippen molar-refractivity contribution in [3.8, 4) is 5.75 Å². The Balaban J connectivity index is 1.83. The number of rotatable bonds is 4. The van der Waals surface area contributed by atoms with Crippen molar-refractivity contribution in [2.75, 3.05) is 23.9 Å². The number of ether oxygens (including phenoxy) is 1. The lowest BCUT2D eigenvalue weighted by atomic mass is 10.0. The van der Waals surface area contributed by atoms with E-state index >= 15 is 0 Å². The van der Waals surface area contributed by atoms with E-state index in [4.69, 9.17) is 4.74 Å². The van der Waals surface area contributed by atoms with Crippen molar-refractivity contribution in [2.24, 2.45) is 5.92 Å². The van der Waals surface area contributed by atoms with Crippen LogP contribution in [0.5, 0.6) is 5.75 Å². The first-order valence-corrected chi connectivity index (χ1v) is 8.23. The van der Waals surface area contributed by atoms with Gasteiger partial charge in [-0.15, -0.1) is 0 Å². The molecule has 1 fully saturated rings. The highest BCUT2D eigenvalue weighted by atomic mass is 19.1. The molecule has 1 aliphatic rings. The number of nitrogens with zero attached hydrogens (tertiary/aromatic N) is 1. The molecule has 0 aliphatic carbocycles. The number of carbonyl (C=O) groups is 3. The minimum atomic E-state index is -1.13. The monoisotopic (exact) mass is 371 g/mol. The molecular weight excluding hydrogens is 353 g/mol. The van der Waals surface area contributed by atoms with Gasteiger partial charge in [0.1, 0.15) is 17.5 Å². The molecule has 140 valence electrons.